The van der Waals surface area contributed by atoms with Crippen LogP contribution in [0, 0.1) is 0 Å². The first-order valence-corrected chi connectivity index (χ1v) is 17.0. The van der Waals surface area contributed by atoms with Gasteiger partial charge in [-0.05, 0) is 73.8 Å². The van der Waals surface area contributed by atoms with Gasteiger partial charge in [-0.3, -0.25) is 19.3 Å². The average Bonchev–Trinajstić information content (AvgIpc) is 3.49. The van der Waals surface area contributed by atoms with E-state index in [4.69, 9.17) is 11.6 Å². The Labute approximate surface area is 290 Å². The molecule has 2 aromatic carbocycles. The summed E-state index contributed by atoms with van der Waals surface area (Å²) < 4.78 is 0. The molecule has 2 aromatic rings. The highest BCUT2D eigenvalue weighted by Crippen LogP contribution is 2.31. The number of piperidine rings is 1. The van der Waals surface area contributed by atoms with Crippen molar-refractivity contribution < 1.29 is 14.4 Å². The zero-order chi connectivity index (χ0) is 30.5. The Hall–Kier alpha value is -2.36. The van der Waals surface area contributed by atoms with E-state index < -0.39 is 12.1 Å². The van der Waals surface area contributed by atoms with E-state index in [1.54, 1.807) is 0 Å². The van der Waals surface area contributed by atoms with Gasteiger partial charge in [-0.1, -0.05) is 67.3 Å². The Kier molecular flexibility index (Phi) is 13.6. The highest BCUT2D eigenvalue weighted by Gasteiger charge is 2.43. The fourth-order valence-corrected chi connectivity index (χ4v) is 7.75. The Morgan fingerprint density at radius 2 is 1.57 bits per heavy atom. The molecule has 3 aliphatic heterocycles. The van der Waals surface area contributed by atoms with E-state index in [0.717, 1.165) is 49.9 Å². The van der Waals surface area contributed by atoms with Crippen molar-refractivity contribution in [3.63, 3.8) is 0 Å². The van der Waals surface area contributed by atoms with Gasteiger partial charge >= 0.3 is 0 Å². The van der Waals surface area contributed by atoms with Crippen molar-refractivity contribution >= 4 is 54.1 Å². The van der Waals surface area contributed by atoms with Crippen LogP contribution in [-0.2, 0) is 33.8 Å². The molecule has 11 heteroatoms. The van der Waals surface area contributed by atoms with Crippen LogP contribution in [0.5, 0.6) is 0 Å². The van der Waals surface area contributed by atoms with Crippen LogP contribution in [0.3, 0.4) is 0 Å². The van der Waals surface area contributed by atoms with E-state index in [2.05, 4.69) is 33.0 Å². The lowest BCUT2D eigenvalue weighted by Crippen LogP contribution is -2.56. The number of nitrogens with one attached hydrogen (secondary N) is 3. The Bertz CT molecular complexity index is 1320. The predicted octanol–water partition coefficient (Wildman–Crippen LogP) is 4.83. The molecule has 1 aliphatic carbocycles. The molecule has 0 unspecified atom stereocenters. The first kappa shape index (κ1) is 36.5. The highest BCUT2D eigenvalue weighted by atomic mass is 35.5. The molecule has 3 fully saturated rings. The van der Waals surface area contributed by atoms with Gasteiger partial charge in [0, 0.05) is 49.7 Å². The number of halogens is 3. The van der Waals surface area contributed by atoms with Crippen LogP contribution in [0.15, 0.2) is 48.5 Å². The molecule has 4 aliphatic rings. The number of benzene rings is 2. The van der Waals surface area contributed by atoms with Gasteiger partial charge in [0.1, 0.15) is 6.04 Å². The molecule has 0 spiro atoms. The van der Waals surface area contributed by atoms with Crippen molar-refractivity contribution in [2.45, 2.75) is 107 Å². The summed E-state index contributed by atoms with van der Waals surface area (Å²) in [5.74, 6) is -0.159. The van der Waals surface area contributed by atoms with Crippen LogP contribution in [0.2, 0.25) is 5.02 Å². The van der Waals surface area contributed by atoms with Crippen LogP contribution in [0.25, 0.3) is 0 Å². The van der Waals surface area contributed by atoms with Gasteiger partial charge in [-0.2, -0.15) is 0 Å². The van der Waals surface area contributed by atoms with Gasteiger partial charge in [0.2, 0.25) is 17.7 Å². The summed E-state index contributed by atoms with van der Waals surface area (Å²) in [6, 6.07) is 14.4. The molecule has 0 bridgehead atoms. The first-order chi connectivity index (χ1) is 21.4. The molecule has 2 saturated heterocycles. The first-order valence-electron chi connectivity index (χ1n) is 16.6. The van der Waals surface area contributed by atoms with E-state index in [9.17, 15) is 14.4 Å². The van der Waals surface area contributed by atoms with Gasteiger partial charge < -0.3 is 20.9 Å². The minimum Gasteiger partial charge on any atom is -0.350 e. The van der Waals surface area contributed by atoms with Gasteiger partial charge in [0.25, 0.3) is 0 Å². The third-order valence-corrected chi connectivity index (χ3v) is 10.3. The van der Waals surface area contributed by atoms with Gasteiger partial charge in [-0.25, -0.2) is 0 Å². The summed E-state index contributed by atoms with van der Waals surface area (Å²) in [5, 5.41) is 10.3. The van der Waals surface area contributed by atoms with E-state index >= 15 is 0 Å². The Balaban J connectivity index is 0.00000240. The smallest absolute Gasteiger partial charge is 0.243 e. The molecular weight excluding hydrogens is 645 g/mol. The van der Waals surface area contributed by atoms with Crippen LogP contribution in [0.4, 0.5) is 0 Å². The zero-order valence-electron chi connectivity index (χ0n) is 26.4. The van der Waals surface area contributed by atoms with Crippen molar-refractivity contribution in [1.29, 1.82) is 0 Å². The van der Waals surface area contributed by atoms with Gasteiger partial charge in [-0.15, -0.1) is 24.8 Å². The zero-order valence-corrected chi connectivity index (χ0v) is 28.8. The molecule has 0 aromatic heterocycles. The molecule has 1 saturated carbocycles. The van der Waals surface area contributed by atoms with Crippen LogP contribution in [-0.4, -0.2) is 77.4 Å². The fourth-order valence-electron chi connectivity index (χ4n) is 7.63. The maximum absolute atomic E-state index is 14.0. The summed E-state index contributed by atoms with van der Waals surface area (Å²) in [5.41, 5.74) is 3.28. The minimum atomic E-state index is -0.748. The van der Waals surface area contributed by atoms with Gasteiger partial charge in [0.05, 0.1) is 12.1 Å². The second-order valence-corrected chi connectivity index (χ2v) is 13.6. The molecule has 4 atom stereocenters. The number of hydrogen-bond donors (Lipinski definition) is 3. The number of likely N-dealkylation sites (tertiary alicyclic amines) is 2. The fraction of sp³-hybridized carbons (Fsp3) is 0.571. The highest BCUT2D eigenvalue weighted by molar-refractivity contribution is 6.30. The molecule has 252 valence electrons. The van der Waals surface area contributed by atoms with Crippen molar-refractivity contribution in [2.24, 2.45) is 0 Å². The van der Waals surface area contributed by atoms with E-state index in [1.165, 1.54) is 31.2 Å². The Morgan fingerprint density at radius 3 is 2.28 bits per heavy atom. The summed E-state index contributed by atoms with van der Waals surface area (Å²) in [4.78, 5) is 45.7. The van der Waals surface area contributed by atoms with E-state index in [-0.39, 0.29) is 54.6 Å². The molecular formula is C35H48Cl3N5O3. The second-order valence-electron chi connectivity index (χ2n) is 13.1. The maximum atomic E-state index is 14.0. The predicted molar refractivity (Wildman–Crippen MR) is 187 cm³/mol. The number of amides is 3. The van der Waals surface area contributed by atoms with Crippen molar-refractivity contribution in [2.75, 3.05) is 19.6 Å². The van der Waals surface area contributed by atoms with Crippen molar-refractivity contribution in [3.8, 4) is 0 Å². The third kappa shape index (κ3) is 8.95. The summed E-state index contributed by atoms with van der Waals surface area (Å²) in [6.45, 7) is 2.95. The van der Waals surface area contributed by atoms with Crippen molar-refractivity contribution in [1.82, 2.24) is 25.8 Å². The number of carbonyl (C=O) groups is 3. The third-order valence-electron chi connectivity index (χ3n) is 10.1. The van der Waals surface area contributed by atoms with Crippen LogP contribution in [0.1, 0.15) is 74.5 Å². The number of fused-ring (bicyclic) bond motifs is 1. The summed E-state index contributed by atoms with van der Waals surface area (Å²) in [6.07, 6.45) is 10.7. The molecule has 3 heterocycles. The lowest BCUT2D eigenvalue weighted by atomic mass is 9.93. The molecule has 8 nitrogen and oxygen atoms in total. The average molecular weight is 693 g/mol. The topological polar surface area (TPSA) is 93.8 Å². The lowest BCUT2D eigenvalue weighted by molar-refractivity contribution is -0.138. The standard InChI is InChI=1S/C35H46ClN5O3.2ClH/c36-27-15-13-24(14-16-27)19-31(39-33(42)30-20-25-9-5-6-10-26(25)22-37-30)34(43)38-28-21-32(35(44)40-17-7-2-8-18-40)41(23-28)29-11-3-1-4-12-29;;/h5-6,9-10,13-16,28-32,37H,1-4,7-8,11-12,17-23H2,(H,38,43)(H,39,42);2*1H/t28-,30+,31+,32-;;/m0../s1. The molecule has 3 amide bonds. The number of carbonyl (C=O) groups excluding carboxylic acids is 3. The number of rotatable bonds is 8. The van der Waals surface area contributed by atoms with Crippen LogP contribution >= 0.6 is 36.4 Å². The SMILES string of the molecule is Cl.Cl.O=C(N[C@H](Cc1ccc(Cl)cc1)C(=O)N[C@H]1C[C@@H](C(=O)N2CCCCC2)N(C2CCCCC2)C1)[C@H]1Cc2ccccc2CN1. The molecule has 0 radical (unpaired) electrons. The quantitative estimate of drug-likeness (QED) is 0.369. The lowest BCUT2D eigenvalue weighted by Gasteiger charge is -2.37. The Morgan fingerprint density at radius 1 is 0.891 bits per heavy atom. The molecule has 3 N–H and O–H groups in total. The molecule has 46 heavy (non-hydrogen) atoms. The second kappa shape index (κ2) is 17.2. The number of hydrogen-bond acceptors (Lipinski definition) is 5. The maximum Gasteiger partial charge on any atom is 0.243 e. The van der Waals surface area contributed by atoms with Crippen LogP contribution < -0.4 is 16.0 Å². The minimum absolute atomic E-state index is 0. The monoisotopic (exact) mass is 691 g/mol. The van der Waals surface area contributed by atoms with E-state index in [0.29, 0.717) is 43.4 Å². The summed E-state index contributed by atoms with van der Waals surface area (Å²) in [7, 11) is 0. The van der Waals surface area contributed by atoms with Crippen molar-refractivity contribution in [3.05, 3.63) is 70.2 Å². The van der Waals surface area contributed by atoms with Gasteiger partial charge in [0.15, 0.2) is 0 Å². The van der Waals surface area contributed by atoms with E-state index in [1.807, 2.05) is 41.3 Å². The molecule has 6 rings (SSSR count). The summed E-state index contributed by atoms with van der Waals surface area (Å²) >= 11 is 6.13. The normalized spacial score (nSPS) is 24.1. The largest absolute Gasteiger partial charge is 0.350 e. The number of nitrogens with zero attached hydrogens (tertiary/aromatic N) is 2.